The highest BCUT2D eigenvalue weighted by atomic mass is 32.2. The summed E-state index contributed by atoms with van der Waals surface area (Å²) in [6, 6.07) is 2.60. The monoisotopic (exact) mass is 330 g/mol. The summed E-state index contributed by atoms with van der Waals surface area (Å²) in [5.41, 5.74) is -1.25. The quantitative estimate of drug-likeness (QED) is 0.389. The molecule has 8 nitrogen and oxygen atoms in total. The van der Waals surface area contributed by atoms with Gasteiger partial charge >= 0.3 is 0 Å². The zero-order valence-electron chi connectivity index (χ0n) is 12.2. The largest absolute Gasteiger partial charge is 0.294 e. The van der Waals surface area contributed by atoms with E-state index in [1.54, 1.807) is 0 Å². The van der Waals surface area contributed by atoms with Gasteiger partial charge in [0.1, 0.15) is 4.90 Å². The van der Waals surface area contributed by atoms with Crippen LogP contribution >= 0.6 is 0 Å². The van der Waals surface area contributed by atoms with Gasteiger partial charge in [-0.1, -0.05) is 32.6 Å². The van der Waals surface area contributed by atoms with Crippen molar-refractivity contribution in [1.29, 1.82) is 0 Å². The molecule has 0 radical (unpaired) electrons. The molecule has 1 rings (SSSR count). The first kappa shape index (κ1) is 18.0. The summed E-state index contributed by atoms with van der Waals surface area (Å²) >= 11 is 0. The van der Waals surface area contributed by atoms with E-state index in [1.807, 2.05) is 6.92 Å². The fraction of sp³-hybridized carbons (Fsp3) is 0.538. The van der Waals surface area contributed by atoms with Crippen molar-refractivity contribution in [3.63, 3.8) is 0 Å². The molecule has 22 heavy (non-hydrogen) atoms. The van der Waals surface area contributed by atoms with Crippen LogP contribution in [0.3, 0.4) is 0 Å². The van der Waals surface area contributed by atoms with E-state index in [2.05, 4.69) is 0 Å². The smallest absolute Gasteiger partial charge is 0.258 e. The van der Waals surface area contributed by atoms with E-state index in [4.69, 9.17) is 0 Å². The van der Waals surface area contributed by atoms with Crippen LogP contribution in [-0.2, 0) is 9.84 Å². The highest BCUT2D eigenvalue weighted by molar-refractivity contribution is 7.91. The van der Waals surface area contributed by atoms with E-state index >= 15 is 0 Å². The van der Waals surface area contributed by atoms with Crippen molar-refractivity contribution in [1.82, 2.24) is 0 Å². The van der Waals surface area contributed by atoms with Crippen molar-refractivity contribution in [2.75, 3.05) is 5.75 Å². The molecule has 0 aromatic heterocycles. The van der Waals surface area contributed by atoms with Gasteiger partial charge < -0.3 is 0 Å². The summed E-state index contributed by atoms with van der Waals surface area (Å²) in [5, 5.41) is 21.6. The Morgan fingerprint density at radius 2 is 1.64 bits per heavy atom. The van der Waals surface area contributed by atoms with E-state index in [0.29, 0.717) is 12.5 Å². The highest BCUT2D eigenvalue weighted by Gasteiger charge is 2.28. The fourth-order valence-electron chi connectivity index (χ4n) is 2.03. The van der Waals surface area contributed by atoms with E-state index in [9.17, 15) is 28.6 Å². The van der Waals surface area contributed by atoms with E-state index in [1.165, 1.54) is 0 Å². The van der Waals surface area contributed by atoms with E-state index < -0.39 is 36.0 Å². The Morgan fingerprint density at radius 3 is 2.18 bits per heavy atom. The minimum atomic E-state index is -3.83. The molecule has 0 saturated carbocycles. The Morgan fingerprint density at radius 1 is 1.00 bits per heavy atom. The number of nitrogens with zero attached hydrogens (tertiary/aromatic N) is 2. The van der Waals surface area contributed by atoms with Crippen molar-refractivity contribution in [3.8, 4) is 0 Å². The fourth-order valence-corrected chi connectivity index (χ4v) is 3.56. The summed E-state index contributed by atoms with van der Waals surface area (Å²) in [4.78, 5) is 19.5. The number of unbranched alkanes of at least 4 members (excludes halogenated alkanes) is 4. The third-order valence-corrected chi connectivity index (χ3v) is 5.04. The molecule has 1 aromatic rings. The maximum Gasteiger partial charge on any atom is 0.294 e. The summed E-state index contributed by atoms with van der Waals surface area (Å²) in [7, 11) is -3.83. The third kappa shape index (κ3) is 4.76. The molecule has 0 amide bonds. The molecular weight excluding hydrogens is 312 g/mol. The van der Waals surface area contributed by atoms with Gasteiger partial charge in [0.05, 0.1) is 21.7 Å². The zero-order valence-corrected chi connectivity index (χ0v) is 13.0. The van der Waals surface area contributed by atoms with Crippen LogP contribution in [0.4, 0.5) is 11.4 Å². The molecule has 0 aliphatic rings. The Kier molecular flexibility index (Phi) is 6.41. The summed E-state index contributed by atoms with van der Waals surface area (Å²) in [5.74, 6) is -0.199. The first-order valence-corrected chi connectivity index (χ1v) is 8.60. The molecule has 9 heteroatoms. The number of sulfone groups is 1. The second-order valence-electron chi connectivity index (χ2n) is 4.90. The maximum atomic E-state index is 12.2. The average molecular weight is 330 g/mol. The zero-order chi connectivity index (χ0) is 16.8. The Balaban J connectivity index is 2.98. The molecular formula is C13H18N2O6S. The molecule has 1 aromatic carbocycles. The molecule has 0 aliphatic carbocycles. The summed E-state index contributed by atoms with van der Waals surface area (Å²) < 4.78 is 24.4. The predicted octanol–water partition coefficient (Wildman–Crippen LogP) is 3.25. The van der Waals surface area contributed by atoms with Crippen molar-refractivity contribution in [3.05, 3.63) is 38.4 Å². The van der Waals surface area contributed by atoms with Crippen LogP contribution in [0.5, 0.6) is 0 Å². The van der Waals surface area contributed by atoms with Crippen LogP contribution in [-0.4, -0.2) is 24.0 Å². The van der Waals surface area contributed by atoms with E-state index in [-0.39, 0.29) is 5.75 Å². The molecule has 0 atom stereocenters. The number of non-ortho nitro benzene ring substituents is 1. The van der Waals surface area contributed by atoms with Crippen LogP contribution in [0, 0.1) is 20.2 Å². The molecule has 0 aliphatic heterocycles. The van der Waals surface area contributed by atoms with Crippen LogP contribution in [0.2, 0.25) is 0 Å². The Labute approximate surface area is 128 Å². The number of hydrogen-bond acceptors (Lipinski definition) is 6. The van der Waals surface area contributed by atoms with Gasteiger partial charge in [-0.25, -0.2) is 8.42 Å². The second-order valence-corrected chi connectivity index (χ2v) is 6.98. The van der Waals surface area contributed by atoms with Gasteiger partial charge in [-0.05, 0) is 12.5 Å². The lowest BCUT2D eigenvalue weighted by Crippen LogP contribution is -2.10. The van der Waals surface area contributed by atoms with Gasteiger partial charge in [-0.3, -0.25) is 20.2 Å². The minimum Gasteiger partial charge on any atom is -0.258 e. The molecule has 0 unspecified atom stereocenters. The molecule has 122 valence electrons. The highest BCUT2D eigenvalue weighted by Crippen LogP contribution is 2.29. The Bertz CT molecular complexity index is 656. The number of benzene rings is 1. The van der Waals surface area contributed by atoms with Gasteiger partial charge in [0.2, 0.25) is 0 Å². The van der Waals surface area contributed by atoms with Crippen LogP contribution in [0.1, 0.15) is 39.0 Å². The lowest BCUT2D eigenvalue weighted by molar-refractivity contribution is -0.396. The first-order valence-electron chi connectivity index (χ1n) is 6.95. The molecule has 0 N–H and O–H groups in total. The normalized spacial score (nSPS) is 11.3. The first-order chi connectivity index (χ1) is 10.3. The lowest BCUT2D eigenvalue weighted by Gasteiger charge is -2.05. The molecule has 0 spiro atoms. The topological polar surface area (TPSA) is 120 Å². The van der Waals surface area contributed by atoms with Crippen molar-refractivity contribution in [2.45, 2.75) is 43.9 Å². The van der Waals surface area contributed by atoms with Crippen LogP contribution in [0.25, 0.3) is 0 Å². The van der Waals surface area contributed by atoms with Crippen LogP contribution < -0.4 is 0 Å². The summed E-state index contributed by atoms with van der Waals surface area (Å²) in [6.07, 6.45) is 4.09. The molecule has 0 fully saturated rings. The van der Waals surface area contributed by atoms with Crippen molar-refractivity contribution < 1.29 is 18.3 Å². The molecule has 0 bridgehead atoms. The maximum absolute atomic E-state index is 12.2. The Hall–Kier alpha value is -2.03. The molecule has 0 saturated heterocycles. The summed E-state index contributed by atoms with van der Waals surface area (Å²) in [6.45, 7) is 2.04. The van der Waals surface area contributed by atoms with Gasteiger partial charge in [-0.2, -0.15) is 0 Å². The van der Waals surface area contributed by atoms with Gasteiger partial charge in [0.15, 0.2) is 9.84 Å². The number of hydrogen-bond donors (Lipinski definition) is 0. The number of nitro groups is 2. The molecule has 0 heterocycles. The van der Waals surface area contributed by atoms with Crippen molar-refractivity contribution >= 4 is 21.2 Å². The SMILES string of the molecule is CCCCCCCS(=O)(=O)c1ccc([N+](=O)[O-])cc1[N+](=O)[O-]. The van der Waals surface area contributed by atoms with Gasteiger partial charge in [-0.15, -0.1) is 0 Å². The number of nitro benzene ring substituents is 2. The predicted molar refractivity (Wildman–Crippen MR) is 80.6 cm³/mol. The second kappa shape index (κ2) is 7.83. The van der Waals surface area contributed by atoms with Gasteiger partial charge in [0.25, 0.3) is 11.4 Å². The third-order valence-electron chi connectivity index (χ3n) is 3.20. The standard InChI is InChI=1S/C13H18N2O6S/c1-2-3-4-5-6-9-22(20,21)13-8-7-11(14(16)17)10-12(13)15(18)19/h7-8,10H,2-6,9H2,1H3. The lowest BCUT2D eigenvalue weighted by atomic mass is 10.2. The average Bonchev–Trinajstić information content (AvgIpc) is 2.46. The number of rotatable bonds is 9. The van der Waals surface area contributed by atoms with Gasteiger partial charge in [0, 0.05) is 6.07 Å². The van der Waals surface area contributed by atoms with Crippen molar-refractivity contribution in [2.24, 2.45) is 0 Å². The van der Waals surface area contributed by atoms with Crippen LogP contribution in [0.15, 0.2) is 23.1 Å². The minimum absolute atomic E-state index is 0.199. The van der Waals surface area contributed by atoms with E-state index in [0.717, 1.165) is 37.8 Å².